The van der Waals surface area contributed by atoms with Crippen LogP contribution < -0.4 is 30.3 Å². The molecule has 0 radical (unpaired) electrons. The van der Waals surface area contributed by atoms with Crippen LogP contribution in [0.3, 0.4) is 0 Å². The molecule has 0 unspecified atom stereocenters. The van der Waals surface area contributed by atoms with Crippen LogP contribution in [0.4, 0.5) is 10.3 Å². The number of anilines is 1. The molecule has 6 rings (SSSR count). The highest BCUT2D eigenvalue weighted by molar-refractivity contribution is 5.95. The number of hydrogen-bond acceptors (Lipinski definition) is 10. The standard InChI is InChI=1S/C36H45FN8O6/c1-3-28-35(49)41-23-25-8-10-29(27(37)21-25)51-31-22-26(9-11-30(31)50-2)34(48)38-14-6-16-44(15-4-7-32(46)42-28)33(47)24-43-17-19-45(20-18-43)36-39-12-5-13-40-36/h5,8-13,21-22,28H,3-4,6-7,14-20,23-24H2,1-2H3,(H,38,48)(H,41,49)(H,42,46)/t28-/m0/s1. The molecule has 0 saturated carbocycles. The molecule has 1 atom stereocenters. The molecule has 272 valence electrons. The van der Waals surface area contributed by atoms with Gasteiger partial charge in [-0.15, -0.1) is 0 Å². The van der Waals surface area contributed by atoms with Gasteiger partial charge in [-0.3, -0.25) is 24.1 Å². The van der Waals surface area contributed by atoms with Gasteiger partial charge in [-0.2, -0.15) is 0 Å². The van der Waals surface area contributed by atoms with Gasteiger partial charge in [0.2, 0.25) is 23.7 Å². The molecule has 0 aliphatic carbocycles. The van der Waals surface area contributed by atoms with Crippen LogP contribution in [0.15, 0.2) is 54.9 Å². The molecule has 4 amide bonds. The minimum Gasteiger partial charge on any atom is -0.493 e. The third kappa shape index (κ3) is 10.4. The number of ether oxygens (including phenoxy) is 2. The van der Waals surface area contributed by atoms with Crippen molar-refractivity contribution in [3.8, 4) is 17.2 Å². The lowest BCUT2D eigenvalue weighted by Crippen LogP contribution is -2.51. The number of rotatable bonds is 5. The van der Waals surface area contributed by atoms with E-state index in [9.17, 15) is 19.2 Å². The molecule has 0 spiro atoms. The van der Waals surface area contributed by atoms with Crippen molar-refractivity contribution in [1.29, 1.82) is 0 Å². The van der Waals surface area contributed by atoms with E-state index in [2.05, 4.69) is 35.7 Å². The second-order valence-corrected chi connectivity index (χ2v) is 12.4. The molecule has 1 aromatic heterocycles. The summed E-state index contributed by atoms with van der Waals surface area (Å²) in [6, 6.07) is 9.93. The minimum atomic E-state index is -0.771. The Morgan fingerprint density at radius 1 is 0.961 bits per heavy atom. The average Bonchev–Trinajstić information content (AvgIpc) is 3.14. The number of nitrogens with one attached hydrogen (secondary N) is 3. The number of fused-ring (bicyclic) bond motifs is 16. The van der Waals surface area contributed by atoms with E-state index in [-0.39, 0.29) is 66.7 Å². The number of benzene rings is 2. The lowest BCUT2D eigenvalue weighted by atomic mass is 10.1. The van der Waals surface area contributed by atoms with E-state index >= 15 is 4.39 Å². The summed E-state index contributed by atoms with van der Waals surface area (Å²) in [7, 11) is 1.44. The molecule has 3 aliphatic rings. The first-order chi connectivity index (χ1) is 24.7. The van der Waals surface area contributed by atoms with Crippen LogP contribution in [0.2, 0.25) is 0 Å². The molecule has 4 bridgehead atoms. The Morgan fingerprint density at radius 3 is 2.45 bits per heavy atom. The summed E-state index contributed by atoms with van der Waals surface area (Å²) < 4.78 is 26.3. The van der Waals surface area contributed by atoms with Crippen molar-refractivity contribution in [2.45, 2.75) is 45.2 Å². The van der Waals surface area contributed by atoms with Crippen LogP contribution in [0, 0.1) is 5.82 Å². The van der Waals surface area contributed by atoms with E-state index in [1.807, 2.05) is 0 Å². The number of carbonyl (C=O) groups is 4. The summed E-state index contributed by atoms with van der Waals surface area (Å²) in [5.41, 5.74) is 0.776. The number of aromatic nitrogens is 2. The zero-order valence-corrected chi connectivity index (χ0v) is 29.0. The van der Waals surface area contributed by atoms with E-state index in [1.54, 1.807) is 48.5 Å². The fourth-order valence-corrected chi connectivity index (χ4v) is 5.90. The van der Waals surface area contributed by atoms with Gasteiger partial charge in [0.1, 0.15) is 6.04 Å². The smallest absolute Gasteiger partial charge is 0.251 e. The minimum absolute atomic E-state index is 0.0353. The highest BCUT2D eigenvalue weighted by atomic mass is 19.1. The van der Waals surface area contributed by atoms with Gasteiger partial charge >= 0.3 is 0 Å². The lowest BCUT2D eigenvalue weighted by molar-refractivity contribution is -0.133. The fraction of sp³-hybridized carbons (Fsp3) is 0.444. The zero-order valence-electron chi connectivity index (χ0n) is 29.0. The first kappa shape index (κ1) is 37.0. The average molecular weight is 705 g/mol. The summed E-state index contributed by atoms with van der Waals surface area (Å²) in [6.45, 7) is 5.74. The van der Waals surface area contributed by atoms with Gasteiger partial charge in [0, 0.05) is 76.7 Å². The maximum absolute atomic E-state index is 15.1. The van der Waals surface area contributed by atoms with E-state index in [0.717, 1.165) is 0 Å². The van der Waals surface area contributed by atoms with Crippen LogP contribution in [0.5, 0.6) is 17.2 Å². The summed E-state index contributed by atoms with van der Waals surface area (Å²) in [6.07, 6.45) is 4.75. The molecule has 1 saturated heterocycles. The second-order valence-electron chi connectivity index (χ2n) is 12.4. The maximum atomic E-state index is 15.1. The number of nitrogens with zero attached hydrogens (tertiary/aromatic N) is 5. The van der Waals surface area contributed by atoms with Crippen LogP contribution in [-0.2, 0) is 20.9 Å². The van der Waals surface area contributed by atoms with E-state index in [4.69, 9.17) is 9.47 Å². The van der Waals surface area contributed by atoms with Gasteiger partial charge in [0.25, 0.3) is 5.91 Å². The Morgan fingerprint density at radius 2 is 1.73 bits per heavy atom. The Balaban J connectivity index is 1.27. The van der Waals surface area contributed by atoms with Crippen LogP contribution in [0.25, 0.3) is 0 Å². The van der Waals surface area contributed by atoms with Gasteiger partial charge in [0.05, 0.1) is 13.7 Å². The monoisotopic (exact) mass is 704 g/mol. The van der Waals surface area contributed by atoms with Crippen molar-refractivity contribution in [3.63, 3.8) is 0 Å². The van der Waals surface area contributed by atoms with Crippen LogP contribution in [-0.4, -0.2) is 109 Å². The first-order valence-electron chi connectivity index (χ1n) is 17.3. The molecule has 15 heteroatoms. The Labute approximate surface area is 296 Å². The third-order valence-corrected chi connectivity index (χ3v) is 8.81. The summed E-state index contributed by atoms with van der Waals surface area (Å²) in [5, 5.41) is 8.43. The predicted molar refractivity (Wildman–Crippen MR) is 187 cm³/mol. The Bertz CT molecular complexity index is 1670. The van der Waals surface area contributed by atoms with E-state index < -0.39 is 11.9 Å². The number of methoxy groups -OCH3 is 1. The Hall–Kier alpha value is -5.31. The van der Waals surface area contributed by atoms with E-state index in [1.165, 1.54) is 25.3 Å². The van der Waals surface area contributed by atoms with Crippen molar-refractivity contribution < 1.29 is 33.0 Å². The summed E-state index contributed by atoms with van der Waals surface area (Å²) in [4.78, 5) is 67.1. The maximum Gasteiger partial charge on any atom is 0.251 e. The van der Waals surface area contributed by atoms with Gasteiger partial charge in [-0.25, -0.2) is 14.4 Å². The quantitative estimate of drug-likeness (QED) is 0.361. The molecule has 4 heterocycles. The number of halogens is 1. The first-order valence-corrected chi connectivity index (χ1v) is 17.3. The predicted octanol–water partition coefficient (Wildman–Crippen LogP) is 2.49. The molecule has 3 aliphatic heterocycles. The largest absolute Gasteiger partial charge is 0.493 e. The number of hydrogen-bond donors (Lipinski definition) is 3. The van der Waals surface area contributed by atoms with Gasteiger partial charge < -0.3 is 35.2 Å². The van der Waals surface area contributed by atoms with Crippen molar-refractivity contribution in [2.75, 3.05) is 64.4 Å². The van der Waals surface area contributed by atoms with Crippen molar-refractivity contribution in [1.82, 2.24) is 35.7 Å². The van der Waals surface area contributed by atoms with Crippen LogP contribution >= 0.6 is 0 Å². The van der Waals surface area contributed by atoms with Gasteiger partial charge in [-0.1, -0.05) is 13.0 Å². The molecule has 14 nitrogen and oxygen atoms in total. The summed E-state index contributed by atoms with van der Waals surface area (Å²) in [5.74, 6) is -0.762. The summed E-state index contributed by atoms with van der Waals surface area (Å²) >= 11 is 0. The van der Waals surface area contributed by atoms with Gasteiger partial charge in [0.15, 0.2) is 23.1 Å². The molecule has 51 heavy (non-hydrogen) atoms. The molecular formula is C36H45FN8O6. The molecule has 3 aromatic rings. The number of carbonyl (C=O) groups excluding carboxylic acids is 4. The highest BCUT2D eigenvalue weighted by Gasteiger charge is 2.24. The van der Waals surface area contributed by atoms with Crippen LogP contribution in [0.1, 0.15) is 48.5 Å². The van der Waals surface area contributed by atoms with Crippen molar-refractivity contribution >= 4 is 29.6 Å². The number of amides is 4. The fourth-order valence-electron chi connectivity index (χ4n) is 5.90. The SMILES string of the molecule is CC[C@@H]1NC(=O)CCCN(C(=O)CN2CCN(c3ncccn3)CC2)CCCNC(=O)c2ccc(OC)c(c2)Oc2ccc(cc2F)CNC1=O. The Kier molecular flexibility index (Phi) is 13.1. The molecule has 2 aromatic carbocycles. The normalized spacial score (nSPS) is 18.6. The molecule has 1 fully saturated rings. The lowest BCUT2D eigenvalue weighted by Gasteiger charge is -2.35. The van der Waals surface area contributed by atoms with Crippen molar-refractivity contribution in [2.24, 2.45) is 0 Å². The second kappa shape index (κ2) is 18.1. The zero-order chi connectivity index (χ0) is 36.2. The molecular weight excluding hydrogens is 659 g/mol. The molecule has 3 N–H and O–H groups in total. The van der Waals surface area contributed by atoms with Crippen molar-refractivity contribution in [3.05, 3.63) is 71.8 Å². The third-order valence-electron chi connectivity index (χ3n) is 8.81. The van der Waals surface area contributed by atoms with E-state index in [0.29, 0.717) is 75.8 Å². The topological polar surface area (TPSA) is 158 Å². The van der Waals surface area contributed by atoms with Gasteiger partial charge in [-0.05, 0) is 61.2 Å². The number of piperazine rings is 1. The highest BCUT2D eigenvalue weighted by Crippen LogP contribution is 2.34.